The van der Waals surface area contributed by atoms with Crippen molar-refractivity contribution in [2.24, 2.45) is 0 Å². The maximum absolute atomic E-state index is 10.4. The molecule has 0 aliphatic rings. The molecule has 0 heterocycles. The Morgan fingerprint density at radius 3 is 1.68 bits per heavy atom. The molecule has 2 amide bonds. The highest BCUT2D eigenvalue weighted by Gasteiger charge is 2.15. The standard InChI is InChI=1S/C9H10N2O4.C2H6O2/c12-8(13)10-7(11-9(14)15)6-4-2-1-3-5-6;3-1-2-4/h1-5,7,10-11H,(H,12,13)(H,14,15);3-4H,1-2H2. The van der Waals surface area contributed by atoms with Crippen LogP contribution in [0.2, 0.25) is 0 Å². The Hall–Kier alpha value is -2.32. The predicted octanol–water partition coefficient (Wildman–Crippen LogP) is 0.191. The van der Waals surface area contributed by atoms with Crippen molar-refractivity contribution in [1.29, 1.82) is 0 Å². The van der Waals surface area contributed by atoms with Gasteiger partial charge >= 0.3 is 12.2 Å². The van der Waals surface area contributed by atoms with E-state index in [1.165, 1.54) is 0 Å². The second-order valence-electron chi connectivity index (χ2n) is 3.19. The fourth-order valence-corrected chi connectivity index (χ4v) is 1.10. The lowest BCUT2D eigenvalue weighted by molar-refractivity contribution is 0.176. The van der Waals surface area contributed by atoms with Gasteiger partial charge in [0.25, 0.3) is 0 Å². The maximum Gasteiger partial charge on any atom is 0.406 e. The molecular formula is C11H16N2O6. The van der Waals surface area contributed by atoms with Crippen LogP contribution in [0.3, 0.4) is 0 Å². The van der Waals surface area contributed by atoms with Crippen LogP contribution in [0, 0.1) is 0 Å². The van der Waals surface area contributed by atoms with Crippen LogP contribution in [0.25, 0.3) is 0 Å². The van der Waals surface area contributed by atoms with Gasteiger partial charge in [-0.1, -0.05) is 30.3 Å². The second kappa shape index (κ2) is 9.68. The lowest BCUT2D eigenvalue weighted by Crippen LogP contribution is -2.39. The minimum absolute atomic E-state index is 0.125. The van der Waals surface area contributed by atoms with E-state index in [4.69, 9.17) is 20.4 Å². The van der Waals surface area contributed by atoms with E-state index in [9.17, 15) is 9.59 Å². The molecule has 0 aliphatic heterocycles. The van der Waals surface area contributed by atoms with Gasteiger partial charge in [0.05, 0.1) is 13.2 Å². The topological polar surface area (TPSA) is 139 Å². The highest BCUT2D eigenvalue weighted by Crippen LogP contribution is 2.08. The quantitative estimate of drug-likeness (QED) is 0.432. The van der Waals surface area contributed by atoms with Gasteiger partial charge in [0, 0.05) is 0 Å². The first-order chi connectivity index (χ1) is 9.01. The van der Waals surface area contributed by atoms with Gasteiger partial charge in [-0.25, -0.2) is 9.59 Å². The molecule has 0 saturated carbocycles. The number of rotatable bonds is 4. The molecule has 8 heteroatoms. The molecule has 6 N–H and O–H groups in total. The summed E-state index contributed by atoms with van der Waals surface area (Å²) >= 11 is 0. The Labute approximate surface area is 109 Å². The molecule has 106 valence electrons. The molecule has 0 saturated heterocycles. The zero-order chi connectivity index (χ0) is 14.7. The normalized spacial score (nSPS) is 9.21. The molecule has 0 unspecified atom stereocenters. The SMILES string of the molecule is O=C(O)NC(NC(=O)O)c1ccccc1.OCCO. The van der Waals surface area contributed by atoms with Gasteiger partial charge < -0.3 is 20.4 Å². The Balaban J connectivity index is 0.000000711. The van der Waals surface area contributed by atoms with Gasteiger partial charge in [0.1, 0.15) is 6.17 Å². The number of amides is 2. The van der Waals surface area contributed by atoms with Crippen molar-refractivity contribution in [3.63, 3.8) is 0 Å². The van der Waals surface area contributed by atoms with Crippen molar-refractivity contribution in [3.05, 3.63) is 35.9 Å². The van der Waals surface area contributed by atoms with Crippen LogP contribution in [0.15, 0.2) is 30.3 Å². The van der Waals surface area contributed by atoms with Gasteiger partial charge in [-0.3, -0.25) is 10.6 Å². The van der Waals surface area contributed by atoms with Crippen molar-refractivity contribution in [1.82, 2.24) is 10.6 Å². The minimum Gasteiger partial charge on any atom is -0.465 e. The van der Waals surface area contributed by atoms with Crippen molar-refractivity contribution in [3.8, 4) is 0 Å². The van der Waals surface area contributed by atoms with Crippen LogP contribution in [0.1, 0.15) is 11.7 Å². The molecule has 19 heavy (non-hydrogen) atoms. The highest BCUT2D eigenvalue weighted by molar-refractivity contribution is 5.68. The molecule has 8 nitrogen and oxygen atoms in total. The van der Waals surface area contributed by atoms with Gasteiger partial charge in [-0.2, -0.15) is 0 Å². The number of carbonyl (C=O) groups is 2. The lowest BCUT2D eigenvalue weighted by atomic mass is 10.2. The number of hydrogen-bond acceptors (Lipinski definition) is 4. The molecular weight excluding hydrogens is 256 g/mol. The first kappa shape index (κ1) is 16.7. The summed E-state index contributed by atoms with van der Waals surface area (Å²) in [6, 6.07) is 8.37. The molecule has 0 aromatic heterocycles. The maximum atomic E-state index is 10.4. The molecule has 1 aromatic carbocycles. The van der Waals surface area contributed by atoms with Gasteiger partial charge in [-0.15, -0.1) is 0 Å². The Morgan fingerprint density at radius 1 is 0.947 bits per heavy atom. The number of benzene rings is 1. The van der Waals surface area contributed by atoms with Crippen molar-refractivity contribution < 1.29 is 30.0 Å². The van der Waals surface area contributed by atoms with Crippen LogP contribution in [-0.2, 0) is 0 Å². The average Bonchev–Trinajstić information content (AvgIpc) is 2.38. The first-order valence-corrected chi connectivity index (χ1v) is 5.26. The fraction of sp³-hybridized carbons (Fsp3) is 0.273. The fourth-order valence-electron chi connectivity index (χ4n) is 1.10. The molecule has 0 radical (unpaired) electrons. The van der Waals surface area contributed by atoms with Crippen molar-refractivity contribution >= 4 is 12.2 Å². The molecule has 1 rings (SSSR count). The lowest BCUT2D eigenvalue weighted by Gasteiger charge is -2.16. The van der Waals surface area contributed by atoms with Crippen molar-refractivity contribution in [2.75, 3.05) is 13.2 Å². The van der Waals surface area contributed by atoms with E-state index >= 15 is 0 Å². The number of hydrogen-bond donors (Lipinski definition) is 6. The minimum atomic E-state index is -1.29. The van der Waals surface area contributed by atoms with E-state index in [0.29, 0.717) is 5.56 Å². The molecule has 0 aliphatic carbocycles. The van der Waals surface area contributed by atoms with Crippen LogP contribution in [-0.4, -0.2) is 45.8 Å². The van der Waals surface area contributed by atoms with E-state index in [1.807, 2.05) is 0 Å². The average molecular weight is 272 g/mol. The Bertz CT molecular complexity index is 366. The summed E-state index contributed by atoms with van der Waals surface area (Å²) < 4.78 is 0. The van der Waals surface area contributed by atoms with Crippen molar-refractivity contribution in [2.45, 2.75) is 6.17 Å². The summed E-state index contributed by atoms with van der Waals surface area (Å²) in [6.07, 6.45) is -3.54. The van der Waals surface area contributed by atoms with Gasteiger partial charge in [0.2, 0.25) is 0 Å². The summed E-state index contributed by atoms with van der Waals surface area (Å²) in [4.78, 5) is 20.8. The number of aliphatic hydroxyl groups is 2. The van der Waals surface area contributed by atoms with Crippen LogP contribution < -0.4 is 10.6 Å². The van der Waals surface area contributed by atoms with E-state index < -0.39 is 18.4 Å². The summed E-state index contributed by atoms with van der Waals surface area (Å²) in [6.45, 7) is -0.250. The molecule has 0 atom stereocenters. The van der Waals surface area contributed by atoms with Gasteiger partial charge in [-0.05, 0) is 5.56 Å². The summed E-state index contributed by atoms with van der Waals surface area (Å²) in [5.41, 5.74) is 0.530. The first-order valence-electron chi connectivity index (χ1n) is 5.26. The zero-order valence-corrected chi connectivity index (χ0v) is 9.98. The second-order valence-corrected chi connectivity index (χ2v) is 3.19. The number of carboxylic acid groups (broad SMARTS) is 2. The monoisotopic (exact) mass is 272 g/mol. The summed E-state index contributed by atoms with van der Waals surface area (Å²) in [5, 5.41) is 36.4. The van der Waals surface area contributed by atoms with E-state index in [0.717, 1.165) is 0 Å². The van der Waals surface area contributed by atoms with E-state index in [-0.39, 0.29) is 13.2 Å². The highest BCUT2D eigenvalue weighted by atomic mass is 16.4. The molecule has 0 spiro atoms. The van der Waals surface area contributed by atoms with Crippen LogP contribution in [0.4, 0.5) is 9.59 Å². The third-order valence-corrected chi connectivity index (χ3v) is 1.77. The van der Waals surface area contributed by atoms with E-state index in [2.05, 4.69) is 10.6 Å². The van der Waals surface area contributed by atoms with Crippen LogP contribution in [0.5, 0.6) is 0 Å². The zero-order valence-electron chi connectivity index (χ0n) is 9.98. The molecule has 0 fully saturated rings. The third kappa shape index (κ3) is 8.41. The van der Waals surface area contributed by atoms with E-state index in [1.54, 1.807) is 30.3 Å². The third-order valence-electron chi connectivity index (χ3n) is 1.77. The molecule has 1 aromatic rings. The largest absolute Gasteiger partial charge is 0.465 e. The predicted molar refractivity (Wildman–Crippen MR) is 65.7 cm³/mol. The number of aliphatic hydroxyl groups excluding tert-OH is 2. The van der Waals surface area contributed by atoms with Crippen LogP contribution >= 0.6 is 0 Å². The molecule has 0 bridgehead atoms. The Morgan fingerprint density at radius 2 is 1.37 bits per heavy atom. The van der Waals surface area contributed by atoms with Gasteiger partial charge in [0.15, 0.2) is 0 Å². The Kier molecular flexibility index (Phi) is 8.50. The number of nitrogens with one attached hydrogen (secondary N) is 2. The summed E-state index contributed by atoms with van der Waals surface area (Å²) in [7, 11) is 0. The smallest absolute Gasteiger partial charge is 0.406 e. The summed E-state index contributed by atoms with van der Waals surface area (Å²) in [5.74, 6) is 0.